The summed E-state index contributed by atoms with van der Waals surface area (Å²) in [5.41, 5.74) is 0. The van der Waals surface area contributed by atoms with Crippen LogP contribution in [0.2, 0.25) is 4.34 Å². The fraction of sp³-hybridized carbons (Fsp3) is 0.692. The summed E-state index contributed by atoms with van der Waals surface area (Å²) in [6.45, 7) is 2.00. The SMILES string of the molecule is CC(NS(=O)(=O)c1ccc(Cl)s1)C1CC2CCC1C2. The van der Waals surface area contributed by atoms with Crippen molar-refractivity contribution in [2.45, 2.75) is 42.9 Å². The van der Waals surface area contributed by atoms with Gasteiger partial charge in [-0.2, -0.15) is 0 Å². The molecule has 4 atom stereocenters. The minimum Gasteiger partial charge on any atom is -0.207 e. The first-order valence-corrected chi connectivity index (χ1v) is 9.41. The average Bonchev–Trinajstić information content (AvgIpc) is 3.02. The normalized spacial score (nSPS) is 31.8. The Bertz CT molecular complexity index is 569. The van der Waals surface area contributed by atoms with Gasteiger partial charge >= 0.3 is 0 Å². The van der Waals surface area contributed by atoms with Crippen molar-refractivity contribution in [2.75, 3.05) is 0 Å². The molecule has 0 aromatic carbocycles. The third-order valence-electron chi connectivity index (χ3n) is 4.59. The van der Waals surface area contributed by atoms with Gasteiger partial charge in [-0.25, -0.2) is 13.1 Å². The van der Waals surface area contributed by atoms with Crippen molar-refractivity contribution < 1.29 is 8.42 Å². The summed E-state index contributed by atoms with van der Waals surface area (Å²) in [5, 5.41) is 0. The Kier molecular flexibility index (Phi) is 3.67. The Balaban J connectivity index is 1.71. The van der Waals surface area contributed by atoms with Gasteiger partial charge < -0.3 is 0 Å². The van der Waals surface area contributed by atoms with E-state index in [4.69, 9.17) is 11.6 Å². The fourth-order valence-electron chi connectivity index (χ4n) is 3.74. The highest BCUT2D eigenvalue weighted by Crippen LogP contribution is 2.49. The van der Waals surface area contributed by atoms with Crippen LogP contribution in [0.15, 0.2) is 16.3 Å². The van der Waals surface area contributed by atoms with Crippen LogP contribution in [0.25, 0.3) is 0 Å². The van der Waals surface area contributed by atoms with E-state index in [9.17, 15) is 8.42 Å². The van der Waals surface area contributed by atoms with Gasteiger partial charge in [0.1, 0.15) is 4.21 Å². The van der Waals surface area contributed by atoms with E-state index in [1.807, 2.05) is 6.92 Å². The zero-order valence-electron chi connectivity index (χ0n) is 10.8. The van der Waals surface area contributed by atoms with Crippen molar-refractivity contribution in [3.63, 3.8) is 0 Å². The largest absolute Gasteiger partial charge is 0.250 e. The summed E-state index contributed by atoms with van der Waals surface area (Å²) >= 11 is 6.92. The van der Waals surface area contributed by atoms with Gasteiger partial charge in [-0.15, -0.1) is 11.3 Å². The molecule has 3 nitrogen and oxygen atoms in total. The molecule has 1 heterocycles. The number of sulfonamides is 1. The maximum atomic E-state index is 12.3. The third-order valence-corrected chi connectivity index (χ3v) is 7.87. The Morgan fingerprint density at radius 2 is 2.16 bits per heavy atom. The molecule has 0 radical (unpaired) electrons. The van der Waals surface area contributed by atoms with E-state index in [-0.39, 0.29) is 6.04 Å². The number of thiophene rings is 1. The number of nitrogens with one attached hydrogen (secondary N) is 1. The minimum atomic E-state index is -3.41. The molecule has 1 aromatic rings. The first-order valence-electron chi connectivity index (χ1n) is 6.73. The highest BCUT2D eigenvalue weighted by Gasteiger charge is 2.42. The number of fused-ring (bicyclic) bond motifs is 2. The van der Waals surface area contributed by atoms with Crippen molar-refractivity contribution in [3.05, 3.63) is 16.5 Å². The molecule has 0 saturated heterocycles. The topological polar surface area (TPSA) is 46.2 Å². The van der Waals surface area contributed by atoms with E-state index in [1.165, 1.54) is 25.7 Å². The quantitative estimate of drug-likeness (QED) is 0.923. The van der Waals surface area contributed by atoms with Crippen LogP contribution in [0.1, 0.15) is 32.6 Å². The smallest absolute Gasteiger partial charge is 0.207 e. The first kappa shape index (κ1) is 13.9. The molecule has 1 aromatic heterocycles. The number of halogens is 1. The zero-order chi connectivity index (χ0) is 13.6. The van der Waals surface area contributed by atoms with Crippen LogP contribution < -0.4 is 4.72 Å². The second-order valence-corrected chi connectivity index (χ2v) is 9.46. The minimum absolute atomic E-state index is 0.0150. The lowest BCUT2D eigenvalue weighted by Crippen LogP contribution is -2.39. The van der Waals surface area contributed by atoms with Crippen molar-refractivity contribution in [1.29, 1.82) is 0 Å². The Morgan fingerprint density at radius 1 is 1.37 bits per heavy atom. The average molecular weight is 320 g/mol. The molecule has 19 heavy (non-hydrogen) atoms. The van der Waals surface area contributed by atoms with Crippen LogP contribution in [-0.2, 0) is 10.0 Å². The zero-order valence-corrected chi connectivity index (χ0v) is 13.2. The maximum Gasteiger partial charge on any atom is 0.250 e. The van der Waals surface area contributed by atoms with Crippen molar-refractivity contribution >= 4 is 33.0 Å². The number of hydrogen-bond donors (Lipinski definition) is 1. The summed E-state index contributed by atoms with van der Waals surface area (Å²) in [5.74, 6) is 2.05. The van der Waals surface area contributed by atoms with Crippen LogP contribution in [0, 0.1) is 17.8 Å². The van der Waals surface area contributed by atoms with Crippen LogP contribution in [0.4, 0.5) is 0 Å². The summed E-state index contributed by atoms with van der Waals surface area (Å²) in [7, 11) is -3.41. The molecule has 3 rings (SSSR count). The van der Waals surface area contributed by atoms with Gasteiger partial charge in [-0.05, 0) is 56.1 Å². The Labute approximate surface area is 123 Å². The monoisotopic (exact) mass is 319 g/mol. The standard InChI is InChI=1S/C13H18ClNO2S2/c1-8(11-7-9-2-3-10(11)6-9)15-19(16,17)13-5-4-12(14)18-13/h4-5,8-11,15H,2-3,6-7H2,1H3. The second kappa shape index (κ2) is 5.02. The maximum absolute atomic E-state index is 12.3. The van der Waals surface area contributed by atoms with Gasteiger partial charge in [0.25, 0.3) is 0 Å². The Morgan fingerprint density at radius 3 is 2.68 bits per heavy atom. The molecule has 2 saturated carbocycles. The van der Waals surface area contributed by atoms with Crippen molar-refractivity contribution in [2.24, 2.45) is 17.8 Å². The van der Waals surface area contributed by atoms with E-state index in [1.54, 1.807) is 12.1 Å². The molecule has 106 valence electrons. The van der Waals surface area contributed by atoms with Crippen molar-refractivity contribution in [3.8, 4) is 0 Å². The molecule has 6 heteroatoms. The molecule has 1 N–H and O–H groups in total. The van der Waals surface area contributed by atoms with Gasteiger partial charge in [0.15, 0.2) is 0 Å². The molecule has 2 bridgehead atoms. The molecule has 0 amide bonds. The van der Waals surface area contributed by atoms with E-state index in [0.717, 1.165) is 23.2 Å². The molecule has 2 fully saturated rings. The van der Waals surface area contributed by atoms with E-state index in [2.05, 4.69) is 4.72 Å². The molecular formula is C13H18ClNO2S2. The lowest BCUT2D eigenvalue weighted by molar-refractivity contribution is 0.280. The van der Waals surface area contributed by atoms with Crippen LogP contribution >= 0.6 is 22.9 Å². The summed E-state index contributed by atoms with van der Waals surface area (Å²) in [6, 6.07) is 3.22. The van der Waals surface area contributed by atoms with Gasteiger partial charge in [-0.3, -0.25) is 0 Å². The van der Waals surface area contributed by atoms with Crippen LogP contribution in [0.5, 0.6) is 0 Å². The lowest BCUT2D eigenvalue weighted by Gasteiger charge is -2.28. The van der Waals surface area contributed by atoms with Gasteiger partial charge in [0.2, 0.25) is 10.0 Å². The van der Waals surface area contributed by atoms with Crippen LogP contribution in [0.3, 0.4) is 0 Å². The number of hydrogen-bond acceptors (Lipinski definition) is 3. The molecule has 0 spiro atoms. The summed E-state index contributed by atoms with van der Waals surface area (Å²) in [6.07, 6.45) is 5.08. The molecule has 4 unspecified atom stereocenters. The summed E-state index contributed by atoms with van der Waals surface area (Å²) < 4.78 is 28.2. The summed E-state index contributed by atoms with van der Waals surface area (Å²) in [4.78, 5) is 0. The van der Waals surface area contributed by atoms with E-state index < -0.39 is 10.0 Å². The predicted molar refractivity (Wildman–Crippen MR) is 78.1 cm³/mol. The van der Waals surface area contributed by atoms with Gasteiger partial charge in [0.05, 0.1) is 4.34 Å². The second-order valence-electron chi connectivity index (χ2n) is 5.81. The van der Waals surface area contributed by atoms with Gasteiger partial charge in [-0.1, -0.05) is 18.0 Å². The molecule has 2 aliphatic carbocycles. The van der Waals surface area contributed by atoms with Crippen LogP contribution in [-0.4, -0.2) is 14.5 Å². The van der Waals surface area contributed by atoms with E-state index in [0.29, 0.717) is 14.5 Å². The Hall–Kier alpha value is -0.100. The lowest BCUT2D eigenvalue weighted by atomic mass is 9.84. The predicted octanol–water partition coefficient (Wildman–Crippen LogP) is 3.50. The number of rotatable bonds is 4. The fourth-order valence-corrected chi connectivity index (χ4v) is 6.53. The van der Waals surface area contributed by atoms with E-state index >= 15 is 0 Å². The molecular weight excluding hydrogens is 302 g/mol. The highest BCUT2D eigenvalue weighted by molar-refractivity contribution is 7.91. The van der Waals surface area contributed by atoms with Crippen molar-refractivity contribution in [1.82, 2.24) is 4.72 Å². The highest BCUT2D eigenvalue weighted by atomic mass is 35.5. The molecule has 0 aliphatic heterocycles. The molecule has 2 aliphatic rings. The first-order chi connectivity index (χ1) is 8.95. The third kappa shape index (κ3) is 2.71. The van der Waals surface area contributed by atoms with Gasteiger partial charge in [0, 0.05) is 6.04 Å².